The molecule has 1 aliphatic carbocycles. The fourth-order valence-electron chi connectivity index (χ4n) is 2.14. The molecule has 1 saturated carbocycles. The van der Waals surface area contributed by atoms with E-state index in [0.29, 0.717) is 22.8 Å². The van der Waals surface area contributed by atoms with E-state index in [1.165, 1.54) is 38.1 Å². The molecular weight excluding hydrogens is 387 g/mol. The van der Waals surface area contributed by atoms with Gasteiger partial charge in [-0.05, 0) is 39.2 Å². The molecular formula is C21H27ClF3N3. The number of aryl methyl sites for hydroxylation is 1. The lowest BCUT2D eigenvalue weighted by Gasteiger charge is -2.15. The van der Waals surface area contributed by atoms with Gasteiger partial charge in [0.05, 0.1) is 16.4 Å². The molecule has 0 saturated heterocycles. The average Bonchev–Trinajstić information content (AvgIpc) is 3.41. The number of hydrogen-bond acceptors (Lipinski definition) is 3. The Bertz CT molecular complexity index is 774. The Balaban J connectivity index is 0.000000863. The van der Waals surface area contributed by atoms with E-state index < -0.39 is 11.9 Å². The standard InChI is InChI=1S/C17H19ClF3N3.C4H8/c1-5-8-22-16(17(19,20)21)13(6-2)14(7-3)24-15-9-12(18)10-23-11(15)4;1-4-2-3-4/h5-6,8-10H,7H2,1-4H3;4H,2-3H2,1H3/b8-5-,13-6-,22-16-,24-14?;. The van der Waals surface area contributed by atoms with Crippen LogP contribution in [0.2, 0.25) is 5.02 Å². The van der Waals surface area contributed by atoms with E-state index in [-0.39, 0.29) is 11.3 Å². The molecule has 1 aromatic heterocycles. The van der Waals surface area contributed by atoms with Gasteiger partial charge in [0.25, 0.3) is 0 Å². The van der Waals surface area contributed by atoms with E-state index in [1.807, 2.05) is 0 Å². The van der Waals surface area contributed by atoms with E-state index in [2.05, 4.69) is 21.9 Å². The van der Waals surface area contributed by atoms with Gasteiger partial charge < -0.3 is 0 Å². The molecule has 0 aliphatic heterocycles. The Labute approximate surface area is 170 Å². The summed E-state index contributed by atoms with van der Waals surface area (Å²) in [6, 6.07) is 1.57. The highest BCUT2D eigenvalue weighted by molar-refractivity contribution is 6.31. The van der Waals surface area contributed by atoms with Crippen LogP contribution in [-0.4, -0.2) is 22.6 Å². The van der Waals surface area contributed by atoms with Gasteiger partial charge in [-0.25, -0.2) is 0 Å². The van der Waals surface area contributed by atoms with Crippen LogP contribution in [0.4, 0.5) is 18.9 Å². The second-order valence-corrected chi connectivity index (χ2v) is 6.95. The second-order valence-electron chi connectivity index (χ2n) is 6.51. The van der Waals surface area contributed by atoms with Gasteiger partial charge in [0, 0.05) is 23.7 Å². The van der Waals surface area contributed by atoms with Crippen LogP contribution >= 0.6 is 11.6 Å². The molecule has 7 heteroatoms. The van der Waals surface area contributed by atoms with Crippen LogP contribution in [0, 0.1) is 12.8 Å². The SMILES string of the molecule is CC1CC1.C\C=C/N=C(/C(=C\C)C(CC)=Nc1cc(Cl)cnc1C)C(F)(F)F. The topological polar surface area (TPSA) is 37.6 Å². The summed E-state index contributed by atoms with van der Waals surface area (Å²) in [7, 11) is 0. The number of aliphatic imine (C=N–C) groups is 2. The first-order valence-corrected chi connectivity index (χ1v) is 9.64. The lowest BCUT2D eigenvalue weighted by molar-refractivity contribution is -0.0579. The molecule has 0 aromatic carbocycles. The third-order valence-electron chi connectivity index (χ3n) is 3.96. The summed E-state index contributed by atoms with van der Waals surface area (Å²) in [6.45, 7) is 8.86. The summed E-state index contributed by atoms with van der Waals surface area (Å²) >= 11 is 5.90. The molecule has 0 atom stereocenters. The van der Waals surface area contributed by atoms with Crippen molar-refractivity contribution < 1.29 is 13.2 Å². The largest absolute Gasteiger partial charge is 0.433 e. The summed E-state index contributed by atoms with van der Waals surface area (Å²) in [4.78, 5) is 12.0. The number of alkyl halides is 3. The maximum Gasteiger partial charge on any atom is 0.433 e. The van der Waals surface area contributed by atoms with Gasteiger partial charge >= 0.3 is 6.18 Å². The quantitative estimate of drug-likeness (QED) is 0.462. The summed E-state index contributed by atoms with van der Waals surface area (Å²) in [6.07, 6.45) is 4.08. The second kappa shape index (κ2) is 11.1. The molecule has 2 rings (SSSR count). The number of aromatic nitrogens is 1. The van der Waals surface area contributed by atoms with Crippen LogP contribution < -0.4 is 0 Å². The summed E-state index contributed by atoms with van der Waals surface area (Å²) < 4.78 is 40.1. The van der Waals surface area contributed by atoms with Crippen molar-refractivity contribution in [3.8, 4) is 0 Å². The van der Waals surface area contributed by atoms with Crippen LogP contribution in [0.1, 0.15) is 52.7 Å². The van der Waals surface area contributed by atoms with E-state index >= 15 is 0 Å². The van der Waals surface area contributed by atoms with Gasteiger partial charge in [0.1, 0.15) is 0 Å². The minimum atomic E-state index is -4.58. The molecule has 1 aromatic rings. The molecule has 0 bridgehead atoms. The zero-order valence-electron chi connectivity index (χ0n) is 16.9. The third kappa shape index (κ3) is 7.97. The summed E-state index contributed by atoms with van der Waals surface area (Å²) in [5, 5.41) is 0.371. The molecule has 0 amide bonds. The Morgan fingerprint density at radius 3 is 2.36 bits per heavy atom. The first-order chi connectivity index (χ1) is 13.1. The maximum absolute atomic E-state index is 13.4. The van der Waals surface area contributed by atoms with Crippen molar-refractivity contribution in [2.24, 2.45) is 15.9 Å². The van der Waals surface area contributed by atoms with E-state index in [4.69, 9.17) is 11.6 Å². The normalized spacial score (nSPS) is 16.2. The number of halogens is 4. The van der Waals surface area contributed by atoms with Crippen molar-refractivity contribution in [2.45, 2.75) is 60.1 Å². The Kier molecular flexibility index (Phi) is 9.59. The van der Waals surface area contributed by atoms with E-state index in [0.717, 1.165) is 12.1 Å². The molecule has 0 radical (unpaired) electrons. The predicted molar refractivity (Wildman–Crippen MR) is 112 cm³/mol. The van der Waals surface area contributed by atoms with Gasteiger partial charge in [0.15, 0.2) is 5.71 Å². The lowest BCUT2D eigenvalue weighted by Crippen LogP contribution is -2.28. The van der Waals surface area contributed by atoms with Crippen LogP contribution in [0.3, 0.4) is 0 Å². The zero-order chi connectivity index (χ0) is 21.3. The number of rotatable bonds is 5. The Hall–Kier alpha value is -1.95. The maximum atomic E-state index is 13.4. The van der Waals surface area contributed by atoms with Crippen molar-refractivity contribution in [2.75, 3.05) is 0 Å². The van der Waals surface area contributed by atoms with Gasteiger partial charge in [-0.1, -0.05) is 50.4 Å². The first kappa shape index (κ1) is 24.1. The van der Waals surface area contributed by atoms with Crippen LogP contribution in [0.15, 0.2) is 46.2 Å². The van der Waals surface area contributed by atoms with Crippen LogP contribution in [-0.2, 0) is 0 Å². The Morgan fingerprint density at radius 1 is 1.32 bits per heavy atom. The number of allylic oxidation sites excluding steroid dienone is 3. The number of nitrogens with zero attached hydrogens (tertiary/aromatic N) is 3. The highest BCUT2D eigenvalue weighted by Gasteiger charge is 2.38. The number of pyridine rings is 1. The van der Waals surface area contributed by atoms with E-state index in [9.17, 15) is 13.2 Å². The zero-order valence-corrected chi connectivity index (χ0v) is 17.7. The fourth-order valence-corrected chi connectivity index (χ4v) is 2.29. The van der Waals surface area contributed by atoms with Gasteiger partial charge in [-0.15, -0.1) is 0 Å². The van der Waals surface area contributed by atoms with Crippen molar-refractivity contribution in [3.05, 3.63) is 46.9 Å². The predicted octanol–water partition coefficient (Wildman–Crippen LogP) is 7.43. The van der Waals surface area contributed by atoms with Crippen LogP contribution in [0.5, 0.6) is 0 Å². The van der Waals surface area contributed by atoms with E-state index in [1.54, 1.807) is 26.8 Å². The monoisotopic (exact) mass is 413 g/mol. The fraction of sp³-hybridized carbons (Fsp3) is 0.476. The highest BCUT2D eigenvalue weighted by atomic mass is 35.5. The molecule has 154 valence electrons. The van der Waals surface area contributed by atoms with Gasteiger partial charge in [-0.3, -0.25) is 15.0 Å². The molecule has 1 fully saturated rings. The molecule has 28 heavy (non-hydrogen) atoms. The van der Waals surface area contributed by atoms with Gasteiger partial charge in [-0.2, -0.15) is 13.2 Å². The van der Waals surface area contributed by atoms with Crippen molar-refractivity contribution in [1.82, 2.24) is 4.98 Å². The minimum Gasteiger partial charge on any atom is -0.258 e. The molecule has 1 heterocycles. The van der Waals surface area contributed by atoms with Gasteiger partial charge in [0.2, 0.25) is 0 Å². The van der Waals surface area contributed by atoms with Crippen molar-refractivity contribution in [1.29, 1.82) is 0 Å². The molecule has 0 spiro atoms. The third-order valence-corrected chi connectivity index (χ3v) is 4.17. The molecule has 0 N–H and O–H groups in total. The highest BCUT2D eigenvalue weighted by Crippen LogP contribution is 2.28. The van der Waals surface area contributed by atoms with Crippen molar-refractivity contribution >= 4 is 28.7 Å². The Morgan fingerprint density at radius 2 is 1.93 bits per heavy atom. The lowest BCUT2D eigenvalue weighted by atomic mass is 10.0. The molecule has 0 unspecified atom stereocenters. The van der Waals surface area contributed by atoms with Crippen molar-refractivity contribution in [3.63, 3.8) is 0 Å². The smallest absolute Gasteiger partial charge is 0.258 e. The van der Waals surface area contributed by atoms with Crippen LogP contribution in [0.25, 0.3) is 0 Å². The molecule has 3 nitrogen and oxygen atoms in total. The summed E-state index contributed by atoms with van der Waals surface area (Å²) in [5.41, 5.74) is 0.259. The number of hydrogen-bond donors (Lipinski definition) is 0. The average molecular weight is 414 g/mol. The molecule has 1 aliphatic rings. The first-order valence-electron chi connectivity index (χ1n) is 9.26. The summed E-state index contributed by atoms with van der Waals surface area (Å²) in [5.74, 6) is 1.08. The minimum absolute atomic E-state index is 0.0533.